The lowest BCUT2D eigenvalue weighted by molar-refractivity contribution is -0.166. The molecule has 1 aliphatic rings. The van der Waals surface area contributed by atoms with Crippen molar-refractivity contribution in [2.45, 2.75) is 19.4 Å². The monoisotopic (exact) mass is 159 g/mol. The van der Waals surface area contributed by atoms with Gasteiger partial charge in [0, 0.05) is 6.54 Å². The predicted octanol–water partition coefficient (Wildman–Crippen LogP) is 0.521. The first kappa shape index (κ1) is 8.33. The van der Waals surface area contributed by atoms with Crippen LogP contribution in [0.3, 0.4) is 0 Å². The SMILES string of the molecule is CCNC(=O)OC1(C)COC1. The average Bonchev–Trinajstić information content (AvgIpc) is 1.85. The van der Waals surface area contributed by atoms with Crippen LogP contribution in [0.15, 0.2) is 0 Å². The molecular formula is C7H13NO3. The van der Waals surface area contributed by atoms with E-state index in [0.717, 1.165) is 0 Å². The Hall–Kier alpha value is -0.770. The highest BCUT2D eigenvalue weighted by Crippen LogP contribution is 2.20. The molecular weight excluding hydrogens is 146 g/mol. The lowest BCUT2D eigenvalue weighted by atomic mass is 10.1. The molecule has 0 aromatic heterocycles. The van der Waals surface area contributed by atoms with Crippen molar-refractivity contribution in [2.24, 2.45) is 0 Å². The first-order valence-electron chi connectivity index (χ1n) is 3.71. The van der Waals surface area contributed by atoms with E-state index < -0.39 is 0 Å². The second kappa shape index (κ2) is 3.09. The van der Waals surface area contributed by atoms with Crippen molar-refractivity contribution in [1.82, 2.24) is 5.32 Å². The third kappa shape index (κ3) is 2.08. The molecule has 0 unspecified atom stereocenters. The summed E-state index contributed by atoms with van der Waals surface area (Å²) in [6.45, 7) is 5.30. The van der Waals surface area contributed by atoms with Gasteiger partial charge in [-0.25, -0.2) is 4.79 Å². The van der Waals surface area contributed by atoms with Crippen LogP contribution >= 0.6 is 0 Å². The first-order valence-corrected chi connectivity index (χ1v) is 3.71. The Morgan fingerprint density at radius 2 is 2.36 bits per heavy atom. The molecule has 0 aromatic carbocycles. The molecule has 4 heteroatoms. The topological polar surface area (TPSA) is 47.6 Å². The van der Waals surface area contributed by atoms with Crippen molar-refractivity contribution in [3.63, 3.8) is 0 Å². The smallest absolute Gasteiger partial charge is 0.407 e. The van der Waals surface area contributed by atoms with E-state index in [9.17, 15) is 4.79 Å². The largest absolute Gasteiger partial charge is 0.438 e. The van der Waals surface area contributed by atoms with Crippen molar-refractivity contribution >= 4 is 6.09 Å². The van der Waals surface area contributed by atoms with Crippen LogP contribution in [0.5, 0.6) is 0 Å². The van der Waals surface area contributed by atoms with E-state index in [0.29, 0.717) is 19.8 Å². The molecule has 0 aromatic rings. The molecule has 0 aliphatic carbocycles. The number of carbonyl (C=O) groups is 1. The van der Waals surface area contributed by atoms with Crippen molar-refractivity contribution in [2.75, 3.05) is 19.8 Å². The van der Waals surface area contributed by atoms with E-state index >= 15 is 0 Å². The average molecular weight is 159 g/mol. The third-order valence-corrected chi connectivity index (χ3v) is 1.47. The molecule has 1 rings (SSSR count). The van der Waals surface area contributed by atoms with E-state index in [-0.39, 0.29) is 11.7 Å². The number of carbonyl (C=O) groups excluding carboxylic acids is 1. The van der Waals surface area contributed by atoms with E-state index in [1.807, 2.05) is 13.8 Å². The molecule has 1 fully saturated rings. The molecule has 11 heavy (non-hydrogen) atoms. The van der Waals surface area contributed by atoms with Gasteiger partial charge in [0.05, 0.1) is 13.2 Å². The molecule has 1 amide bonds. The van der Waals surface area contributed by atoms with Crippen LogP contribution in [-0.2, 0) is 9.47 Å². The Morgan fingerprint density at radius 3 is 2.73 bits per heavy atom. The Morgan fingerprint density at radius 1 is 1.73 bits per heavy atom. The quantitative estimate of drug-likeness (QED) is 0.639. The van der Waals surface area contributed by atoms with Gasteiger partial charge in [0.2, 0.25) is 0 Å². The van der Waals surface area contributed by atoms with Gasteiger partial charge < -0.3 is 14.8 Å². The van der Waals surface area contributed by atoms with Crippen LogP contribution in [0.4, 0.5) is 4.79 Å². The maximum Gasteiger partial charge on any atom is 0.407 e. The molecule has 0 radical (unpaired) electrons. The number of hydrogen-bond acceptors (Lipinski definition) is 3. The van der Waals surface area contributed by atoms with Crippen LogP contribution < -0.4 is 5.32 Å². The number of ether oxygens (including phenoxy) is 2. The van der Waals surface area contributed by atoms with Crippen molar-refractivity contribution < 1.29 is 14.3 Å². The fourth-order valence-electron chi connectivity index (χ4n) is 0.853. The van der Waals surface area contributed by atoms with Crippen LogP contribution in [0.25, 0.3) is 0 Å². The summed E-state index contributed by atoms with van der Waals surface area (Å²) >= 11 is 0. The summed E-state index contributed by atoms with van der Waals surface area (Å²) in [5, 5.41) is 2.55. The van der Waals surface area contributed by atoms with Gasteiger partial charge >= 0.3 is 6.09 Å². The van der Waals surface area contributed by atoms with Crippen LogP contribution in [-0.4, -0.2) is 31.5 Å². The van der Waals surface area contributed by atoms with E-state index in [1.165, 1.54) is 0 Å². The van der Waals surface area contributed by atoms with Crippen LogP contribution in [0, 0.1) is 0 Å². The van der Waals surface area contributed by atoms with Gasteiger partial charge in [-0.3, -0.25) is 0 Å². The van der Waals surface area contributed by atoms with Gasteiger partial charge in [-0.1, -0.05) is 0 Å². The number of hydrogen-bond donors (Lipinski definition) is 1. The highest BCUT2D eigenvalue weighted by molar-refractivity contribution is 5.67. The van der Waals surface area contributed by atoms with E-state index in [4.69, 9.17) is 9.47 Å². The Balaban J connectivity index is 2.23. The summed E-state index contributed by atoms with van der Waals surface area (Å²) in [4.78, 5) is 10.9. The summed E-state index contributed by atoms with van der Waals surface area (Å²) in [6.07, 6.45) is -0.363. The minimum absolute atomic E-state index is 0.363. The van der Waals surface area contributed by atoms with E-state index in [1.54, 1.807) is 0 Å². The van der Waals surface area contributed by atoms with Gasteiger partial charge in [0.1, 0.15) is 0 Å². The molecule has 0 bridgehead atoms. The van der Waals surface area contributed by atoms with Gasteiger partial charge in [-0.05, 0) is 13.8 Å². The normalized spacial score (nSPS) is 20.2. The molecule has 4 nitrogen and oxygen atoms in total. The second-order valence-electron chi connectivity index (χ2n) is 2.86. The molecule has 0 spiro atoms. The molecule has 1 saturated heterocycles. The number of rotatable bonds is 2. The lowest BCUT2D eigenvalue weighted by Gasteiger charge is -2.36. The van der Waals surface area contributed by atoms with E-state index in [2.05, 4.69) is 5.32 Å². The minimum atomic E-state index is -0.390. The number of nitrogens with one attached hydrogen (secondary N) is 1. The minimum Gasteiger partial charge on any atom is -0.438 e. The Labute approximate surface area is 65.9 Å². The van der Waals surface area contributed by atoms with Crippen molar-refractivity contribution in [1.29, 1.82) is 0 Å². The fraction of sp³-hybridized carbons (Fsp3) is 0.857. The van der Waals surface area contributed by atoms with Gasteiger partial charge in [-0.15, -0.1) is 0 Å². The summed E-state index contributed by atoms with van der Waals surface area (Å²) < 4.78 is 9.95. The first-order chi connectivity index (χ1) is 5.16. The summed E-state index contributed by atoms with van der Waals surface area (Å²) in [5.74, 6) is 0. The molecule has 1 heterocycles. The summed E-state index contributed by atoms with van der Waals surface area (Å²) in [7, 11) is 0. The van der Waals surface area contributed by atoms with Gasteiger partial charge in [-0.2, -0.15) is 0 Å². The zero-order valence-electron chi connectivity index (χ0n) is 6.85. The Bertz CT molecular complexity index is 154. The number of alkyl carbamates (subject to hydrolysis) is 1. The number of amides is 1. The maximum absolute atomic E-state index is 10.9. The Kier molecular flexibility index (Phi) is 2.34. The van der Waals surface area contributed by atoms with Gasteiger partial charge in [0.25, 0.3) is 0 Å². The second-order valence-corrected chi connectivity index (χ2v) is 2.86. The molecule has 1 N–H and O–H groups in total. The molecule has 1 aliphatic heterocycles. The van der Waals surface area contributed by atoms with Crippen molar-refractivity contribution in [3.05, 3.63) is 0 Å². The zero-order chi connectivity index (χ0) is 8.32. The maximum atomic E-state index is 10.9. The molecule has 0 saturated carbocycles. The van der Waals surface area contributed by atoms with Crippen LogP contribution in [0.2, 0.25) is 0 Å². The summed E-state index contributed by atoms with van der Waals surface area (Å²) in [6, 6.07) is 0. The predicted molar refractivity (Wildman–Crippen MR) is 39.4 cm³/mol. The lowest BCUT2D eigenvalue weighted by Crippen LogP contribution is -2.51. The zero-order valence-corrected chi connectivity index (χ0v) is 6.85. The highest BCUT2D eigenvalue weighted by Gasteiger charge is 2.37. The highest BCUT2D eigenvalue weighted by atomic mass is 16.6. The molecule has 64 valence electrons. The van der Waals surface area contributed by atoms with Crippen LogP contribution in [0.1, 0.15) is 13.8 Å². The summed E-state index contributed by atoms with van der Waals surface area (Å²) in [5.41, 5.74) is -0.390. The molecule has 0 atom stereocenters. The third-order valence-electron chi connectivity index (χ3n) is 1.47. The standard InChI is InChI=1S/C7H13NO3/c1-3-8-6(9)11-7(2)4-10-5-7/h3-5H2,1-2H3,(H,8,9). The van der Waals surface area contributed by atoms with Crippen molar-refractivity contribution in [3.8, 4) is 0 Å². The fourth-order valence-corrected chi connectivity index (χ4v) is 0.853. The van der Waals surface area contributed by atoms with Gasteiger partial charge in [0.15, 0.2) is 5.60 Å².